The molecule has 10 heteroatoms. The number of rotatable bonds is 5. The highest BCUT2D eigenvalue weighted by molar-refractivity contribution is 8.02. The van der Waals surface area contributed by atoms with Crippen LogP contribution in [-0.2, 0) is 25.7 Å². The maximum absolute atomic E-state index is 13.6. The quantitative estimate of drug-likeness (QED) is 0.437. The molecule has 0 aliphatic carbocycles. The van der Waals surface area contributed by atoms with E-state index in [2.05, 4.69) is 0 Å². The van der Waals surface area contributed by atoms with E-state index in [-0.39, 0.29) is 30.5 Å². The molecule has 4 atom stereocenters. The second kappa shape index (κ2) is 8.71. The Kier molecular flexibility index (Phi) is 5.38. The average Bonchev–Trinajstić information content (AvgIpc) is 3.71. The van der Waals surface area contributed by atoms with Crippen molar-refractivity contribution in [2.45, 2.75) is 36.6 Å². The van der Waals surface area contributed by atoms with E-state index in [0.717, 1.165) is 27.4 Å². The van der Waals surface area contributed by atoms with Gasteiger partial charge in [-0.2, -0.15) is 10.2 Å². The van der Waals surface area contributed by atoms with E-state index >= 15 is 0 Å². The molecule has 2 saturated heterocycles. The SMILES string of the molecule is Cc1ccc(N2N=C(C(=O)OCc3cccs3)[C@H]3[C@@H]2S[C@]24COC(=O)C2=NN(c2ccc(C)cc2)[C@H]34)cc1. The van der Waals surface area contributed by atoms with Gasteiger partial charge in [0.15, 0.2) is 11.4 Å². The van der Waals surface area contributed by atoms with Crippen molar-refractivity contribution in [3.8, 4) is 0 Å². The Morgan fingerprint density at radius 3 is 2.37 bits per heavy atom. The van der Waals surface area contributed by atoms with E-state index in [1.807, 2.05) is 89.9 Å². The van der Waals surface area contributed by atoms with Gasteiger partial charge in [0.05, 0.1) is 23.3 Å². The summed E-state index contributed by atoms with van der Waals surface area (Å²) in [6.07, 6.45) is 0. The number of esters is 2. The first-order chi connectivity index (χ1) is 18.4. The van der Waals surface area contributed by atoms with Gasteiger partial charge in [0.25, 0.3) is 0 Å². The number of aryl methyl sites for hydroxylation is 2. The van der Waals surface area contributed by atoms with Gasteiger partial charge in [0.2, 0.25) is 0 Å². The maximum atomic E-state index is 13.6. The fourth-order valence-electron chi connectivity index (χ4n) is 5.57. The summed E-state index contributed by atoms with van der Waals surface area (Å²) in [7, 11) is 0. The highest BCUT2D eigenvalue weighted by Crippen LogP contribution is 2.59. The lowest BCUT2D eigenvalue weighted by molar-refractivity contribution is -0.137. The first-order valence-corrected chi connectivity index (χ1v) is 14.1. The zero-order valence-corrected chi connectivity index (χ0v) is 22.4. The van der Waals surface area contributed by atoms with Gasteiger partial charge < -0.3 is 9.47 Å². The summed E-state index contributed by atoms with van der Waals surface area (Å²) in [6, 6.07) is 19.6. The predicted octanol–water partition coefficient (Wildman–Crippen LogP) is 4.51. The van der Waals surface area contributed by atoms with Gasteiger partial charge in [-0.3, -0.25) is 10.0 Å². The molecule has 8 nitrogen and oxygen atoms in total. The van der Waals surface area contributed by atoms with E-state index in [1.165, 1.54) is 11.3 Å². The van der Waals surface area contributed by atoms with Crippen molar-refractivity contribution in [2.24, 2.45) is 16.1 Å². The minimum Gasteiger partial charge on any atom is -0.459 e. The van der Waals surface area contributed by atoms with Gasteiger partial charge in [0.1, 0.15) is 23.3 Å². The van der Waals surface area contributed by atoms with Crippen molar-refractivity contribution in [1.29, 1.82) is 0 Å². The van der Waals surface area contributed by atoms with Crippen LogP contribution in [-0.4, -0.2) is 46.1 Å². The lowest BCUT2D eigenvalue weighted by Crippen LogP contribution is -2.50. The zero-order valence-electron chi connectivity index (χ0n) is 20.7. The number of ether oxygens (including phenoxy) is 2. The third kappa shape index (κ3) is 3.50. The normalized spacial score (nSPS) is 27.0. The highest BCUT2D eigenvalue weighted by atomic mass is 32.2. The zero-order chi connectivity index (χ0) is 26.0. The Hall–Kier alpha value is -3.63. The van der Waals surface area contributed by atoms with Gasteiger partial charge >= 0.3 is 11.9 Å². The Labute approximate surface area is 227 Å². The molecule has 2 fully saturated rings. The van der Waals surface area contributed by atoms with Crippen LogP contribution >= 0.6 is 23.1 Å². The third-order valence-corrected chi connectivity index (χ3v) is 10.0. The van der Waals surface area contributed by atoms with Crippen LogP contribution in [0.15, 0.2) is 76.2 Å². The van der Waals surface area contributed by atoms with Crippen LogP contribution in [0.2, 0.25) is 0 Å². The minimum atomic E-state index is -0.713. The van der Waals surface area contributed by atoms with Crippen LogP contribution in [0.1, 0.15) is 16.0 Å². The van der Waals surface area contributed by atoms with Crippen LogP contribution in [0.3, 0.4) is 0 Å². The molecule has 3 aromatic rings. The van der Waals surface area contributed by atoms with Crippen LogP contribution in [0, 0.1) is 19.8 Å². The first kappa shape index (κ1) is 23.5. The maximum Gasteiger partial charge on any atom is 0.356 e. The third-order valence-electron chi connectivity index (χ3n) is 7.44. The van der Waals surface area contributed by atoms with Crippen LogP contribution < -0.4 is 10.0 Å². The van der Waals surface area contributed by atoms with E-state index in [9.17, 15) is 9.59 Å². The molecular formula is C28H24N4O4S2. The predicted molar refractivity (Wildman–Crippen MR) is 149 cm³/mol. The summed E-state index contributed by atoms with van der Waals surface area (Å²) < 4.78 is 10.6. The van der Waals surface area contributed by atoms with E-state index in [4.69, 9.17) is 19.7 Å². The molecule has 1 aromatic heterocycles. The van der Waals surface area contributed by atoms with Gasteiger partial charge in [-0.15, -0.1) is 23.1 Å². The average molecular weight is 545 g/mol. The molecule has 0 amide bonds. The van der Waals surface area contributed by atoms with Crippen molar-refractivity contribution in [3.05, 3.63) is 82.0 Å². The monoisotopic (exact) mass is 544 g/mol. The number of nitrogens with zero attached hydrogens (tertiary/aromatic N) is 4. The highest BCUT2D eigenvalue weighted by Gasteiger charge is 2.72. The Morgan fingerprint density at radius 1 is 1.03 bits per heavy atom. The molecule has 0 bridgehead atoms. The number of anilines is 2. The molecule has 2 aromatic carbocycles. The molecule has 0 unspecified atom stereocenters. The largest absolute Gasteiger partial charge is 0.459 e. The van der Waals surface area contributed by atoms with Gasteiger partial charge in [-0.05, 0) is 49.6 Å². The number of cyclic esters (lactones) is 1. The number of hydrogen-bond acceptors (Lipinski definition) is 10. The smallest absolute Gasteiger partial charge is 0.356 e. The number of thioether (sulfide) groups is 1. The molecular weight excluding hydrogens is 520 g/mol. The lowest BCUT2D eigenvalue weighted by atomic mass is 9.84. The topological polar surface area (TPSA) is 83.8 Å². The number of benzene rings is 2. The molecule has 0 saturated carbocycles. The summed E-state index contributed by atoms with van der Waals surface area (Å²) in [6.45, 7) is 4.45. The molecule has 38 heavy (non-hydrogen) atoms. The number of thiophene rings is 1. The number of carbonyl (C=O) groups is 2. The summed E-state index contributed by atoms with van der Waals surface area (Å²) in [5.41, 5.74) is 4.73. The summed E-state index contributed by atoms with van der Waals surface area (Å²) in [5.74, 6) is -1.23. The number of hydrazone groups is 2. The molecule has 0 N–H and O–H groups in total. The number of fused-ring (bicyclic) bond motifs is 2. The van der Waals surface area contributed by atoms with Crippen molar-refractivity contribution in [3.63, 3.8) is 0 Å². The molecule has 1 spiro atoms. The van der Waals surface area contributed by atoms with Crippen LogP contribution in [0.5, 0.6) is 0 Å². The second-order valence-electron chi connectivity index (χ2n) is 9.89. The number of carbonyl (C=O) groups excluding carboxylic acids is 2. The number of hydrogen-bond donors (Lipinski definition) is 0. The second-order valence-corrected chi connectivity index (χ2v) is 12.4. The van der Waals surface area contributed by atoms with Gasteiger partial charge in [0, 0.05) is 4.88 Å². The summed E-state index contributed by atoms with van der Waals surface area (Å²) >= 11 is 3.15. The molecule has 7 rings (SSSR count). The van der Waals surface area contributed by atoms with E-state index in [1.54, 1.807) is 11.8 Å². The van der Waals surface area contributed by atoms with Crippen molar-refractivity contribution in [1.82, 2.24) is 0 Å². The Morgan fingerprint density at radius 2 is 1.71 bits per heavy atom. The van der Waals surface area contributed by atoms with Gasteiger partial charge in [-0.25, -0.2) is 9.59 Å². The lowest BCUT2D eigenvalue weighted by Gasteiger charge is -2.31. The van der Waals surface area contributed by atoms with E-state index in [0.29, 0.717) is 11.4 Å². The summed E-state index contributed by atoms with van der Waals surface area (Å²) in [5, 5.41) is 15.2. The minimum absolute atomic E-state index is 0.186. The van der Waals surface area contributed by atoms with Crippen molar-refractivity contribution < 1.29 is 19.1 Å². The van der Waals surface area contributed by atoms with Crippen LogP contribution in [0.4, 0.5) is 11.4 Å². The van der Waals surface area contributed by atoms with Crippen LogP contribution in [0.25, 0.3) is 0 Å². The van der Waals surface area contributed by atoms with Gasteiger partial charge in [-0.1, -0.05) is 41.5 Å². The fourth-order valence-corrected chi connectivity index (χ4v) is 8.06. The molecule has 4 aliphatic rings. The fraction of sp³-hybridized carbons (Fsp3) is 0.286. The van der Waals surface area contributed by atoms with Crippen molar-refractivity contribution in [2.75, 3.05) is 16.6 Å². The first-order valence-electron chi connectivity index (χ1n) is 12.4. The standard InChI is InChI=1S/C28H24N4O4S2/c1-16-5-9-18(10-6-16)31-24-21-22(26(33)35-14-20-4-3-13-37-20)29-32(19-11-7-17(2)8-12-19)25(21)38-28(24)15-36-27(34)23(28)30-31/h3-13,21,24-25H,14-15H2,1-2H3/t21-,24-,25+,28-/m1/s1. The van der Waals surface area contributed by atoms with Crippen molar-refractivity contribution >= 4 is 57.8 Å². The molecule has 192 valence electrons. The molecule has 5 heterocycles. The van der Waals surface area contributed by atoms with E-state index < -0.39 is 16.7 Å². The summed E-state index contributed by atoms with van der Waals surface area (Å²) in [4.78, 5) is 27.4. The Bertz CT molecular complexity index is 1490. The molecule has 4 aliphatic heterocycles. The Balaban J connectivity index is 1.31. The molecule has 0 radical (unpaired) electrons.